The molecule has 0 saturated heterocycles. The molecular formula is C16H23ClN2O2S. The van der Waals surface area contributed by atoms with Gasteiger partial charge < -0.3 is 15.7 Å². The van der Waals surface area contributed by atoms with E-state index in [1.165, 1.54) is 5.56 Å². The maximum Gasteiger partial charge on any atom is 0.314 e. The first-order valence-electron chi connectivity index (χ1n) is 7.36. The zero-order valence-electron chi connectivity index (χ0n) is 13.0. The Bertz CT molecular complexity index is 533. The summed E-state index contributed by atoms with van der Waals surface area (Å²) in [5, 5.41) is 16.4. The van der Waals surface area contributed by atoms with Crippen LogP contribution in [-0.4, -0.2) is 41.8 Å². The van der Waals surface area contributed by atoms with Crippen molar-refractivity contribution in [2.24, 2.45) is 0 Å². The molecule has 2 rings (SSSR count). The van der Waals surface area contributed by atoms with Crippen LogP contribution in [-0.2, 0) is 5.41 Å². The van der Waals surface area contributed by atoms with Gasteiger partial charge in [0.1, 0.15) is 0 Å². The summed E-state index contributed by atoms with van der Waals surface area (Å²) in [6.45, 7) is 2.55. The van der Waals surface area contributed by atoms with E-state index in [0.717, 1.165) is 17.9 Å². The quantitative estimate of drug-likeness (QED) is 0.714. The molecule has 122 valence electrons. The summed E-state index contributed by atoms with van der Waals surface area (Å²) >= 11 is 7.59. The number of halogens is 1. The number of aliphatic hydroxyl groups is 1. The van der Waals surface area contributed by atoms with Crippen molar-refractivity contribution in [3.05, 3.63) is 34.9 Å². The van der Waals surface area contributed by atoms with Crippen LogP contribution in [0.25, 0.3) is 0 Å². The molecular weight excluding hydrogens is 320 g/mol. The first-order valence-corrected chi connectivity index (χ1v) is 9.13. The molecule has 0 aromatic heterocycles. The zero-order valence-corrected chi connectivity index (χ0v) is 14.6. The van der Waals surface area contributed by atoms with Crippen LogP contribution in [0.5, 0.6) is 0 Å². The minimum absolute atomic E-state index is 0.0179. The molecule has 1 aliphatic rings. The van der Waals surface area contributed by atoms with Crippen LogP contribution < -0.4 is 10.6 Å². The summed E-state index contributed by atoms with van der Waals surface area (Å²) in [4.78, 5) is 11.9. The lowest BCUT2D eigenvalue weighted by Crippen LogP contribution is -2.47. The average molecular weight is 343 g/mol. The zero-order chi connectivity index (χ0) is 16.2. The van der Waals surface area contributed by atoms with Gasteiger partial charge in [-0.2, -0.15) is 11.8 Å². The Morgan fingerprint density at radius 1 is 1.45 bits per heavy atom. The van der Waals surface area contributed by atoms with Crippen LogP contribution in [0.3, 0.4) is 0 Å². The van der Waals surface area contributed by atoms with Gasteiger partial charge in [0, 0.05) is 29.3 Å². The van der Waals surface area contributed by atoms with Gasteiger partial charge in [0.15, 0.2) is 0 Å². The van der Waals surface area contributed by atoms with Gasteiger partial charge >= 0.3 is 6.03 Å². The number of carbonyl (C=O) groups excluding carboxylic acids is 1. The number of hydrogen-bond donors (Lipinski definition) is 3. The normalized spacial score (nSPS) is 18.4. The molecule has 0 bridgehead atoms. The van der Waals surface area contributed by atoms with E-state index in [1.54, 1.807) is 18.7 Å². The minimum atomic E-state index is -0.888. The smallest absolute Gasteiger partial charge is 0.314 e. The lowest BCUT2D eigenvalue weighted by Gasteiger charge is -2.23. The predicted octanol–water partition coefficient (Wildman–Crippen LogP) is 2.78. The molecule has 1 aromatic carbocycles. The Kier molecular flexibility index (Phi) is 5.64. The van der Waals surface area contributed by atoms with Crippen LogP contribution in [0.1, 0.15) is 25.3 Å². The largest absolute Gasteiger partial charge is 0.387 e. The number of nitrogens with one attached hydrogen (secondary N) is 2. The monoisotopic (exact) mass is 342 g/mol. The fraction of sp³-hybridized carbons (Fsp3) is 0.562. The Labute approximate surface area is 141 Å². The summed E-state index contributed by atoms with van der Waals surface area (Å²) in [5.41, 5.74) is 0.306. The van der Waals surface area contributed by atoms with Crippen molar-refractivity contribution < 1.29 is 9.90 Å². The SMILES string of the molecule is CSCC(C)(O)CNC(=O)NCC1(c2cccc(Cl)c2)CC1. The third-order valence-corrected chi connectivity index (χ3v) is 5.11. The standard InChI is InChI=1S/C16H23ClN2O2S/c1-15(21,11-22-2)9-18-14(20)19-10-16(6-7-16)12-4-3-5-13(17)8-12/h3-5,8,21H,6-7,9-11H2,1-2H3,(H2,18,19,20). The minimum Gasteiger partial charge on any atom is -0.387 e. The Hall–Kier alpha value is -0.910. The van der Waals surface area contributed by atoms with Crippen LogP contribution in [0.15, 0.2) is 24.3 Å². The predicted molar refractivity (Wildman–Crippen MR) is 92.8 cm³/mol. The van der Waals surface area contributed by atoms with Crippen LogP contribution in [0, 0.1) is 0 Å². The summed E-state index contributed by atoms with van der Waals surface area (Å²) in [6.07, 6.45) is 4.03. The third kappa shape index (κ3) is 4.80. The second kappa shape index (κ2) is 7.11. The van der Waals surface area contributed by atoms with Gasteiger partial charge in [0.05, 0.1) is 5.60 Å². The van der Waals surface area contributed by atoms with Crippen molar-refractivity contribution >= 4 is 29.4 Å². The van der Waals surface area contributed by atoms with Crippen molar-refractivity contribution in [2.45, 2.75) is 30.8 Å². The van der Waals surface area contributed by atoms with Gasteiger partial charge in [-0.1, -0.05) is 23.7 Å². The van der Waals surface area contributed by atoms with Crippen molar-refractivity contribution in [1.82, 2.24) is 10.6 Å². The van der Waals surface area contributed by atoms with Crippen molar-refractivity contribution in [2.75, 3.05) is 25.1 Å². The van der Waals surface area contributed by atoms with Crippen LogP contribution in [0.4, 0.5) is 4.79 Å². The molecule has 1 fully saturated rings. The molecule has 0 radical (unpaired) electrons. The van der Waals surface area contributed by atoms with E-state index < -0.39 is 5.60 Å². The van der Waals surface area contributed by atoms with Gasteiger partial charge in [0.25, 0.3) is 0 Å². The fourth-order valence-corrected chi connectivity index (χ4v) is 3.40. The van der Waals surface area contributed by atoms with Gasteiger partial charge in [-0.25, -0.2) is 4.79 Å². The van der Waals surface area contributed by atoms with E-state index in [2.05, 4.69) is 16.7 Å². The first-order chi connectivity index (χ1) is 10.4. The van der Waals surface area contributed by atoms with Gasteiger partial charge in [0.2, 0.25) is 0 Å². The lowest BCUT2D eigenvalue weighted by molar-refractivity contribution is 0.0869. The van der Waals surface area contributed by atoms with Gasteiger partial charge in [-0.15, -0.1) is 0 Å². The summed E-state index contributed by atoms with van der Waals surface area (Å²) in [5.74, 6) is 0.583. The average Bonchev–Trinajstić information content (AvgIpc) is 3.24. The summed E-state index contributed by atoms with van der Waals surface area (Å²) < 4.78 is 0. The molecule has 4 nitrogen and oxygen atoms in total. The highest BCUT2D eigenvalue weighted by atomic mass is 35.5. The summed E-state index contributed by atoms with van der Waals surface area (Å²) in [7, 11) is 0. The number of benzene rings is 1. The topological polar surface area (TPSA) is 61.4 Å². The fourth-order valence-electron chi connectivity index (χ4n) is 2.48. The summed E-state index contributed by atoms with van der Waals surface area (Å²) in [6, 6.07) is 7.58. The molecule has 0 heterocycles. The van der Waals surface area contributed by atoms with E-state index in [1.807, 2.05) is 24.5 Å². The number of thioether (sulfide) groups is 1. The highest BCUT2D eigenvalue weighted by Crippen LogP contribution is 2.48. The van der Waals surface area contributed by atoms with Crippen molar-refractivity contribution in [3.63, 3.8) is 0 Å². The molecule has 2 amide bonds. The maximum atomic E-state index is 11.9. The molecule has 0 spiro atoms. The van der Waals surface area contributed by atoms with Crippen molar-refractivity contribution in [1.29, 1.82) is 0 Å². The van der Waals surface area contributed by atoms with Gasteiger partial charge in [-0.3, -0.25) is 0 Å². The van der Waals surface area contributed by atoms with Gasteiger partial charge in [-0.05, 0) is 43.7 Å². The molecule has 22 heavy (non-hydrogen) atoms. The Morgan fingerprint density at radius 2 is 2.18 bits per heavy atom. The third-order valence-electron chi connectivity index (χ3n) is 3.96. The number of rotatable bonds is 7. The van der Waals surface area contributed by atoms with Crippen molar-refractivity contribution in [3.8, 4) is 0 Å². The highest BCUT2D eigenvalue weighted by molar-refractivity contribution is 7.98. The number of urea groups is 1. The lowest BCUT2D eigenvalue weighted by atomic mass is 9.96. The van der Waals surface area contributed by atoms with Crippen LogP contribution in [0.2, 0.25) is 5.02 Å². The van der Waals surface area contributed by atoms with E-state index in [4.69, 9.17) is 11.6 Å². The molecule has 0 aliphatic heterocycles. The molecule has 1 aliphatic carbocycles. The molecule has 3 N–H and O–H groups in total. The molecule has 1 aromatic rings. The molecule has 1 saturated carbocycles. The van der Waals surface area contributed by atoms with E-state index in [-0.39, 0.29) is 18.0 Å². The number of hydrogen-bond acceptors (Lipinski definition) is 3. The number of amides is 2. The molecule has 6 heteroatoms. The van der Waals surface area contributed by atoms with E-state index in [0.29, 0.717) is 12.3 Å². The number of carbonyl (C=O) groups is 1. The second-order valence-corrected chi connectivity index (χ2v) is 7.56. The Balaban J connectivity index is 1.81. The second-order valence-electron chi connectivity index (χ2n) is 6.26. The van der Waals surface area contributed by atoms with E-state index in [9.17, 15) is 9.90 Å². The van der Waals surface area contributed by atoms with Crippen LogP contribution >= 0.6 is 23.4 Å². The molecule has 1 atom stereocenters. The highest BCUT2D eigenvalue weighted by Gasteiger charge is 2.44. The maximum absolute atomic E-state index is 11.9. The Morgan fingerprint density at radius 3 is 2.77 bits per heavy atom. The first kappa shape index (κ1) is 17.4. The molecule has 1 unspecified atom stereocenters. The van der Waals surface area contributed by atoms with E-state index >= 15 is 0 Å².